The molecule has 1 aromatic rings. The van der Waals surface area contributed by atoms with Crippen molar-refractivity contribution in [1.82, 2.24) is 0 Å². The van der Waals surface area contributed by atoms with Crippen molar-refractivity contribution in [1.29, 1.82) is 0 Å². The number of hydrogen-bond donors (Lipinski definition) is 1. The molecule has 0 heterocycles. The normalized spacial score (nSPS) is 11.2. The minimum absolute atomic E-state index is 0.192. The molecule has 0 aliphatic rings. The number of methoxy groups -OCH3 is 1. The summed E-state index contributed by atoms with van der Waals surface area (Å²) >= 11 is 0. The highest BCUT2D eigenvalue weighted by Gasteiger charge is 2.18. The Bertz CT molecular complexity index is 334. The second-order valence-electron chi connectivity index (χ2n) is 4.12. The molecule has 2 N–H and O–H groups in total. The maximum Gasteiger partial charge on any atom is 0.143 e. The highest BCUT2D eigenvalue weighted by molar-refractivity contribution is 5.56. The first-order chi connectivity index (χ1) is 6.98. The molecule has 1 rings (SSSR count). The van der Waals surface area contributed by atoms with Gasteiger partial charge in [0.1, 0.15) is 17.1 Å². The molecule has 0 bridgehead atoms. The summed E-state index contributed by atoms with van der Waals surface area (Å²) in [6, 6.07) is 5.45. The number of nitrogens with two attached hydrogens (primary N) is 1. The Morgan fingerprint density at radius 3 is 2.47 bits per heavy atom. The van der Waals surface area contributed by atoms with Gasteiger partial charge in [-0.15, -0.1) is 0 Å². The third-order valence-corrected chi connectivity index (χ3v) is 2.45. The Morgan fingerprint density at radius 1 is 1.33 bits per heavy atom. The van der Waals surface area contributed by atoms with Gasteiger partial charge >= 0.3 is 0 Å². The van der Waals surface area contributed by atoms with Crippen LogP contribution in [0.15, 0.2) is 18.2 Å². The third kappa shape index (κ3) is 3.05. The number of benzene rings is 1. The number of anilines is 1. The van der Waals surface area contributed by atoms with Crippen LogP contribution in [0.4, 0.5) is 5.69 Å². The fourth-order valence-electron chi connectivity index (χ4n) is 1.12. The highest BCUT2D eigenvalue weighted by Crippen LogP contribution is 2.30. The minimum atomic E-state index is -0.192. The highest BCUT2D eigenvalue weighted by atomic mass is 16.5. The maximum atomic E-state index is 5.85. The van der Waals surface area contributed by atoms with Gasteiger partial charge in [0.05, 0.1) is 12.8 Å². The summed E-state index contributed by atoms with van der Waals surface area (Å²) in [4.78, 5) is 0. The monoisotopic (exact) mass is 209 g/mol. The molecule has 0 aromatic heterocycles. The lowest BCUT2D eigenvalue weighted by atomic mass is 10.1. The summed E-state index contributed by atoms with van der Waals surface area (Å²) in [6.45, 7) is 6.16. The summed E-state index contributed by atoms with van der Waals surface area (Å²) in [5.74, 6) is 1.46. The molecule has 0 spiro atoms. The molecular weight excluding hydrogens is 190 g/mol. The molecule has 0 aliphatic heterocycles. The van der Waals surface area contributed by atoms with Crippen LogP contribution in [0, 0.1) is 0 Å². The molecule has 0 amide bonds. The molecule has 0 saturated carbocycles. The topological polar surface area (TPSA) is 44.5 Å². The van der Waals surface area contributed by atoms with E-state index >= 15 is 0 Å². The largest absolute Gasteiger partial charge is 0.497 e. The van der Waals surface area contributed by atoms with E-state index in [0.29, 0.717) is 11.4 Å². The minimum Gasteiger partial charge on any atom is -0.497 e. The van der Waals surface area contributed by atoms with Crippen LogP contribution in [0.2, 0.25) is 0 Å². The Labute approximate surface area is 91.2 Å². The summed E-state index contributed by atoms with van der Waals surface area (Å²) in [5.41, 5.74) is 6.27. The van der Waals surface area contributed by atoms with E-state index in [1.807, 2.05) is 26.0 Å². The van der Waals surface area contributed by atoms with E-state index in [4.69, 9.17) is 15.2 Å². The van der Waals surface area contributed by atoms with Crippen molar-refractivity contribution in [3.8, 4) is 11.5 Å². The molecule has 3 heteroatoms. The molecule has 1 aromatic carbocycles. The van der Waals surface area contributed by atoms with E-state index in [9.17, 15) is 0 Å². The van der Waals surface area contributed by atoms with Crippen molar-refractivity contribution >= 4 is 5.69 Å². The standard InChI is InChI=1S/C12H19NO2/c1-5-12(2,3)15-11-7-6-9(14-4)8-10(11)13/h6-8H,5,13H2,1-4H3. The van der Waals surface area contributed by atoms with Crippen LogP contribution in [0.25, 0.3) is 0 Å². The van der Waals surface area contributed by atoms with Gasteiger partial charge in [0, 0.05) is 6.07 Å². The number of ether oxygens (including phenoxy) is 2. The Hall–Kier alpha value is -1.38. The SMILES string of the molecule is CCC(C)(C)Oc1ccc(OC)cc1N. The van der Waals surface area contributed by atoms with Crippen LogP contribution < -0.4 is 15.2 Å². The van der Waals surface area contributed by atoms with Crippen molar-refractivity contribution in [2.45, 2.75) is 32.8 Å². The van der Waals surface area contributed by atoms with Gasteiger partial charge in [-0.25, -0.2) is 0 Å². The zero-order valence-electron chi connectivity index (χ0n) is 9.83. The van der Waals surface area contributed by atoms with Crippen LogP contribution >= 0.6 is 0 Å². The van der Waals surface area contributed by atoms with E-state index in [0.717, 1.165) is 12.2 Å². The van der Waals surface area contributed by atoms with Gasteiger partial charge in [0.15, 0.2) is 0 Å². The van der Waals surface area contributed by atoms with E-state index in [1.165, 1.54) is 0 Å². The lowest BCUT2D eigenvalue weighted by Crippen LogP contribution is -2.27. The van der Waals surface area contributed by atoms with Gasteiger partial charge < -0.3 is 15.2 Å². The molecule has 0 atom stereocenters. The lowest BCUT2D eigenvalue weighted by molar-refractivity contribution is 0.106. The molecular formula is C12H19NO2. The smallest absolute Gasteiger partial charge is 0.143 e. The zero-order valence-corrected chi connectivity index (χ0v) is 9.83. The summed E-state index contributed by atoms with van der Waals surface area (Å²) in [5, 5.41) is 0. The second-order valence-corrected chi connectivity index (χ2v) is 4.12. The number of nitrogen functional groups attached to an aromatic ring is 1. The van der Waals surface area contributed by atoms with Crippen LogP contribution in [0.1, 0.15) is 27.2 Å². The Morgan fingerprint density at radius 2 is 2.00 bits per heavy atom. The predicted octanol–water partition coefficient (Wildman–Crippen LogP) is 2.84. The average molecular weight is 209 g/mol. The van der Waals surface area contributed by atoms with E-state index in [1.54, 1.807) is 13.2 Å². The fourth-order valence-corrected chi connectivity index (χ4v) is 1.12. The van der Waals surface area contributed by atoms with E-state index in [2.05, 4.69) is 6.92 Å². The van der Waals surface area contributed by atoms with Gasteiger partial charge in [-0.1, -0.05) is 6.92 Å². The molecule has 0 aliphatic carbocycles. The van der Waals surface area contributed by atoms with Gasteiger partial charge in [0.2, 0.25) is 0 Å². The molecule has 84 valence electrons. The summed E-state index contributed by atoms with van der Waals surface area (Å²) in [6.07, 6.45) is 0.929. The first kappa shape index (κ1) is 11.7. The van der Waals surface area contributed by atoms with Crippen LogP contribution in [-0.2, 0) is 0 Å². The molecule has 15 heavy (non-hydrogen) atoms. The van der Waals surface area contributed by atoms with Gasteiger partial charge in [0.25, 0.3) is 0 Å². The Balaban J connectivity index is 2.87. The average Bonchev–Trinajstić information content (AvgIpc) is 2.21. The van der Waals surface area contributed by atoms with Crippen molar-refractivity contribution in [3.63, 3.8) is 0 Å². The van der Waals surface area contributed by atoms with Crippen molar-refractivity contribution in [2.75, 3.05) is 12.8 Å². The molecule has 0 fully saturated rings. The summed E-state index contributed by atoms with van der Waals surface area (Å²) < 4.78 is 10.9. The molecule has 3 nitrogen and oxygen atoms in total. The van der Waals surface area contributed by atoms with Crippen LogP contribution in [0.3, 0.4) is 0 Å². The van der Waals surface area contributed by atoms with Crippen molar-refractivity contribution in [2.24, 2.45) is 0 Å². The molecule has 0 saturated heterocycles. The molecule has 0 unspecified atom stereocenters. The van der Waals surface area contributed by atoms with Gasteiger partial charge in [-0.3, -0.25) is 0 Å². The van der Waals surface area contributed by atoms with Crippen molar-refractivity contribution < 1.29 is 9.47 Å². The van der Waals surface area contributed by atoms with Crippen LogP contribution in [0.5, 0.6) is 11.5 Å². The quantitative estimate of drug-likeness (QED) is 0.775. The number of hydrogen-bond acceptors (Lipinski definition) is 3. The first-order valence-corrected chi connectivity index (χ1v) is 5.11. The summed E-state index contributed by atoms with van der Waals surface area (Å²) in [7, 11) is 1.62. The van der Waals surface area contributed by atoms with Crippen molar-refractivity contribution in [3.05, 3.63) is 18.2 Å². The zero-order chi connectivity index (χ0) is 11.5. The lowest BCUT2D eigenvalue weighted by Gasteiger charge is -2.25. The van der Waals surface area contributed by atoms with E-state index in [-0.39, 0.29) is 5.60 Å². The van der Waals surface area contributed by atoms with Crippen LogP contribution in [-0.4, -0.2) is 12.7 Å². The molecule has 0 radical (unpaired) electrons. The van der Waals surface area contributed by atoms with Gasteiger partial charge in [-0.2, -0.15) is 0 Å². The second kappa shape index (κ2) is 4.43. The predicted molar refractivity (Wildman–Crippen MR) is 62.4 cm³/mol. The maximum absolute atomic E-state index is 5.85. The first-order valence-electron chi connectivity index (χ1n) is 5.11. The van der Waals surface area contributed by atoms with Gasteiger partial charge in [-0.05, 0) is 32.4 Å². The number of rotatable bonds is 4. The van der Waals surface area contributed by atoms with E-state index < -0.39 is 0 Å². The fraction of sp³-hybridized carbons (Fsp3) is 0.500. The third-order valence-electron chi connectivity index (χ3n) is 2.45. The Kier molecular flexibility index (Phi) is 3.45.